The van der Waals surface area contributed by atoms with Crippen LogP contribution in [0.4, 0.5) is 11.5 Å². The fourth-order valence-corrected chi connectivity index (χ4v) is 3.89. The van der Waals surface area contributed by atoms with Gasteiger partial charge in [-0.2, -0.15) is 0 Å². The van der Waals surface area contributed by atoms with Crippen LogP contribution in [-0.4, -0.2) is 40.6 Å². The van der Waals surface area contributed by atoms with Crippen molar-refractivity contribution in [3.8, 4) is 0 Å². The average molecular weight is 388 g/mol. The molecule has 0 bridgehead atoms. The number of hydrogen-bond acceptors (Lipinski definition) is 8. The molecule has 8 nitrogen and oxygen atoms in total. The number of hydrogen-bond donors (Lipinski definition) is 0. The molecule has 1 saturated heterocycles. The first-order chi connectivity index (χ1) is 13.1. The smallest absolute Gasteiger partial charge is 0.343 e. The van der Waals surface area contributed by atoms with Crippen LogP contribution in [0.2, 0.25) is 0 Å². The van der Waals surface area contributed by atoms with E-state index in [4.69, 9.17) is 4.74 Å². The predicted octanol–water partition coefficient (Wildman–Crippen LogP) is 3.32. The molecule has 3 rings (SSSR count). The number of nitrogens with zero attached hydrogens (tertiary/aromatic N) is 4. The SMILES string of the molecule is CCOC(=O)C1CCN(c2ncnc(Sc3ccccc3)c2[N+](=O)[O-])CC1. The first kappa shape index (κ1) is 19.1. The number of nitro groups is 1. The molecule has 0 spiro atoms. The molecule has 1 aliphatic heterocycles. The van der Waals surface area contributed by atoms with Crippen molar-refractivity contribution in [1.29, 1.82) is 0 Å². The minimum absolute atomic E-state index is 0.0964. The van der Waals surface area contributed by atoms with Crippen molar-refractivity contribution in [3.05, 3.63) is 46.8 Å². The summed E-state index contributed by atoms with van der Waals surface area (Å²) >= 11 is 1.24. The molecule has 1 aromatic carbocycles. The van der Waals surface area contributed by atoms with Crippen molar-refractivity contribution in [2.75, 3.05) is 24.6 Å². The number of esters is 1. The van der Waals surface area contributed by atoms with Crippen molar-refractivity contribution in [3.63, 3.8) is 0 Å². The minimum Gasteiger partial charge on any atom is -0.466 e. The fraction of sp³-hybridized carbons (Fsp3) is 0.389. The van der Waals surface area contributed by atoms with Gasteiger partial charge in [0.15, 0.2) is 5.03 Å². The van der Waals surface area contributed by atoms with E-state index in [1.165, 1.54) is 18.1 Å². The van der Waals surface area contributed by atoms with Gasteiger partial charge in [-0.05, 0) is 31.9 Å². The molecule has 27 heavy (non-hydrogen) atoms. The number of rotatable bonds is 6. The molecular weight excluding hydrogens is 368 g/mol. The molecule has 1 aliphatic rings. The number of carbonyl (C=O) groups is 1. The third kappa shape index (κ3) is 4.54. The zero-order chi connectivity index (χ0) is 19.2. The van der Waals surface area contributed by atoms with Gasteiger partial charge in [0.05, 0.1) is 17.4 Å². The lowest BCUT2D eigenvalue weighted by atomic mass is 9.97. The summed E-state index contributed by atoms with van der Waals surface area (Å²) < 4.78 is 5.08. The van der Waals surface area contributed by atoms with Crippen molar-refractivity contribution in [2.45, 2.75) is 29.7 Å². The number of anilines is 1. The lowest BCUT2D eigenvalue weighted by Gasteiger charge is -2.31. The predicted molar refractivity (Wildman–Crippen MR) is 101 cm³/mol. The molecule has 9 heteroatoms. The Hall–Kier alpha value is -2.68. The Kier molecular flexibility index (Phi) is 6.23. The van der Waals surface area contributed by atoms with E-state index in [0.29, 0.717) is 43.4 Å². The van der Waals surface area contributed by atoms with E-state index >= 15 is 0 Å². The second-order valence-corrected chi connectivity index (χ2v) is 7.10. The summed E-state index contributed by atoms with van der Waals surface area (Å²) in [6.07, 6.45) is 2.52. The van der Waals surface area contributed by atoms with Crippen molar-refractivity contribution in [1.82, 2.24) is 9.97 Å². The standard InChI is InChI=1S/C18H20N4O4S/c1-2-26-18(23)13-8-10-21(11-9-13)16-15(22(24)25)17(20-12-19-16)27-14-6-4-3-5-7-14/h3-7,12-13H,2,8-11H2,1H3. The number of aromatic nitrogens is 2. The monoisotopic (exact) mass is 388 g/mol. The van der Waals surface area contributed by atoms with E-state index in [1.807, 2.05) is 35.2 Å². The first-order valence-electron chi connectivity index (χ1n) is 8.74. The summed E-state index contributed by atoms with van der Waals surface area (Å²) in [5.41, 5.74) is -0.0964. The normalized spacial score (nSPS) is 14.8. The Labute approximate surface area is 161 Å². The van der Waals surface area contributed by atoms with Crippen molar-refractivity contribution < 1.29 is 14.5 Å². The second kappa shape index (κ2) is 8.81. The molecule has 0 atom stereocenters. The summed E-state index contributed by atoms with van der Waals surface area (Å²) in [6, 6.07) is 9.38. The van der Waals surface area contributed by atoms with Crippen LogP contribution in [0.3, 0.4) is 0 Å². The molecule has 142 valence electrons. The van der Waals surface area contributed by atoms with Gasteiger partial charge in [-0.3, -0.25) is 14.9 Å². The van der Waals surface area contributed by atoms with Gasteiger partial charge >= 0.3 is 11.7 Å². The molecule has 1 aromatic heterocycles. The molecule has 2 aromatic rings. The summed E-state index contributed by atoms with van der Waals surface area (Å²) in [4.78, 5) is 34.2. The van der Waals surface area contributed by atoms with Crippen LogP contribution in [-0.2, 0) is 9.53 Å². The highest BCUT2D eigenvalue weighted by Gasteiger charge is 2.32. The minimum atomic E-state index is -0.432. The quantitative estimate of drug-likeness (QED) is 0.322. The Morgan fingerprint density at radius 3 is 2.63 bits per heavy atom. The third-order valence-electron chi connectivity index (χ3n) is 4.32. The van der Waals surface area contributed by atoms with Gasteiger partial charge < -0.3 is 9.64 Å². The van der Waals surface area contributed by atoms with Crippen LogP contribution in [0.1, 0.15) is 19.8 Å². The number of piperidine rings is 1. The fourth-order valence-electron chi connectivity index (χ4n) is 3.01. The van der Waals surface area contributed by atoms with Crippen LogP contribution in [0.5, 0.6) is 0 Å². The molecule has 0 saturated carbocycles. The lowest BCUT2D eigenvalue weighted by molar-refractivity contribution is -0.387. The largest absolute Gasteiger partial charge is 0.466 e. The van der Waals surface area contributed by atoms with Crippen LogP contribution in [0, 0.1) is 16.0 Å². The van der Waals surface area contributed by atoms with Gasteiger partial charge in [0.1, 0.15) is 6.33 Å². The Morgan fingerprint density at radius 1 is 1.30 bits per heavy atom. The molecule has 0 N–H and O–H groups in total. The van der Waals surface area contributed by atoms with Crippen LogP contribution < -0.4 is 4.90 Å². The summed E-state index contributed by atoms with van der Waals surface area (Å²) in [6.45, 7) is 3.16. The number of ether oxygens (including phenoxy) is 1. The van der Waals surface area contributed by atoms with Crippen LogP contribution in [0.25, 0.3) is 0 Å². The molecule has 0 radical (unpaired) electrons. The Morgan fingerprint density at radius 2 is 2.00 bits per heavy atom. The topological polar surface area (TPSA) is 98.5 Å². The van der Waals surface area contributed by atoms with Gasteiger partial charge in [0, 0.05) is 18.0 Å². The molecule has 1 fully saturated rings. The van der Waals surface area contributed by atoms with E-state index < -0.39 is 4.92 Å². The lowest BCUT2D eigenvalue weighted by Crippen LogP contribution is -2.37. The third-order valence-corrected chi connectivity index (χ3v) is 5.32. The van der Waals surface area contributed by atoms with Gasteiger partial charge in [-0.15, -0.1) is 0 Å². The molecule has 0 unspecified atom stereocenters. The van der Waals surface area contributed by atoms with Crippen molar-refractivity contribution in [2.24, 2.45) is 5.92 Å². The number of benzene rings is 1. The highest BCUT2D eigenvalue weighted by molar-refractivity contribution is 7.99. The van der Waals surface area contributed by atoms with E-state index in [2.05, 4.69) is 9.97 Å². The second-order valence-electron chi connectivity index (χ2n) is 6.04. The number of carbonyl (C=O) groups excluding carboxylic acids is 1. The van der Waals surface area contributed by atoms with Gasteiger partial charge in [-0.1, -0.05) is 30.0 Å². The van der Waals surface area contributed by atoms with Crippen LogP contribution in [0.15, 0.2) is 46.6 Å². The highest BCUT2D eigenvalue weighted by Crippen LogP contribution is 2.38. The Balaban J connectivity index is 1.81. The van der Waals surface area contributed by atoms with Gasteiger partial charge in [0.25, 0.3) is 0 Å². The zero-order valence-corrected chi connectivity index (χ0v) is 15.7. The maximum atomic E-state index is 11.9. The molecular formula is C18H20N4O4S. The first-order valence-corrected chi connectivity index (χ1v) is 9.55. The maximum Gasteiger partial charge on any atom is 0.343 e. The average Bonchev–Trinajstić information content (AvgIpc) is 2.69. The van der Waals surface area contributed by atoms with E-state index in [-0.39, 0.29) is 17.6 Å². The highest BCUT2D eigenvalue weighted by atomic mass is 32.2. The van der Waals surface area contributed by atoms with E-state index in [0.717, 1.165) is 4.90 Å². The van der Waals surface area contributed by atoms with E-state index in [9.17, 15) is 14.9 Å². The summed E-state index contributed by atoms with van der Waals surface area (Å²) in [5.74, 6) is -0.0642. The van der Waals surface area contributed by atoms with Gasteiger partial charge in [-0.25, -0.2) is 9.97 Å². The Bertz CT molecular complexity index is 810. The molecule has 0 aliphatic carbocycles. The van der Waals surface area contributed by atoms with E-state index in [1.54, 1.807) is 6.92 Å². The molecule has 0 amide bonds. The maximum absolute atomic E-state index is 11.9. The summed E-state index contributed by atoms with van der Waals surface area (Å²) in [7, 11) is 0. The molecule has 2 heterocycles. The van der Waals surface area contributed by atoms with Crippen molar-refractivity contribution >= 4 is 29.2 Å². The zero-order valence-electron chi connectivity index (χ0n) is 14.9. The summed E-state index contributed by atoms with van der Waals surface area (Å²) in [5, 5.41) is 12.1. The van der Waals surface area contributed by atoms with Crippen LogP contribution >= 0.6 is 11.8 Å². The van der Waals surface area contributed by atoms with Gasteiger partial charge in [0.2, 0.25) is 5.82 Å².